The van der Waals surface area contributed by atoms with E-state index in [4.69, 9.17) is 9.84 Å². The number of hydrogen-bond donors (Lipinski definition) is 1. The van der Waals surface area contributed by atoms with Gasteiger partial charge in [-0.1, -0.05) is 0 Å². The molecule has 1 aromatic rings. The fraction of sp³-hybridized carbons (Fsp3) is 0.545. The lowest BCUT2D eigenvalue weighted by Gasteiger charge is -2.37. The van der Waals surface area contributed by atoms with Gasteiger partial charge in [-0.3, -0.25) is 0 Å². The number of rotatable bonds is 2. The first-order valence-electron chi connectivity index (χ1n) is 5.51. The molecule has 1 saturated heterocycles. The van der Waals surface area contributed by atoms with Gasteiger partial charge in [0.2, 0.25) is 0 Å². The summed E-state index contributed by atoms with van der Waals surface area (Å²) < 4.78 is 5.52. The molecule has 0 spiro atoms. The summed E-state index contributed by atoms with van der Waals surface area (Å²) in [6.07, 6.45) is 2.93. The van der Waals surface area contributed by atoms with Gasteiger partial charge in [0.05, 0.1) is 31.1 Å². The fourth-order valence-corrected chi connectivity index (χ4v) is 1.80. The molecule has 1 aliphatic rings. The van der Waals surface area contributed by atoms with E-state index in [9.17, 15) is 4.79 Å². The van der Waals surface area contributed by atoms with Crippen molar-refractivity contribution in [3.63, 3.8) is 0 Å². The van der Waals surface area contributed by atoms with Crippen LogP contribution in [0.15, 0.2) is 12.4 Å². The van der Waals surface area contributed by atoms with Gasteiger partial charge in [0.15, 0.2) is 5.69 Å². The average Bonchev–Trinajstić information content (AvgIpc) is 2.32. The van der Waals surface area contributed by atoms with Crippen molar-refractivity contribution in [1.82, 2.24) is 9.97 Å². The second-order valence-electron chi connectivity index (χ2n) is 4.21. The van der Waals surface area contributed by atoms with Crippen LogP contribution in [0.3, 0.4) is 0 Å². The molecule has 1 N–H and O–H groups in total. The third kappa shape index (κ3) is 2.52. The van der Waals surface area contributed by atoms with Crippen molar-refractivity contribution in [3.8, 4) is 0 Å². The lowest BCUT2D eigenvalue weighted by Crippen LogP contribution is -2.47. The first kappa shape index (κ1) is 11.8. The minimum Gasteiger partial charge on any atom is -0.476 e. The Hall–Kier alpha value is -1.69. The van der Waals surface area contributed by atoms with E-state index in [0.29, 0.717) is 12.4 Å². The first-order chi connectivity index (χ1) is 8.08. The molecule has 2 atom stereocenters. The van der Waals surface area contributed by atoms with Gasteiger partial charge < -0.3 is 14.7 Å². The Balaban J connectivity index is 2.18. The summed E-state index contributed by atoms with van der Waals surface area (Å²) in [5.41, 5.74) is -0.0392. The van der Waals surface area contributed by atoms with E-state index in [1.54, 1.807) is 0 Å². The second kappa shape index (κ2) is 4.67. The number of carboxylic acids is 1. The van der Waals surface area contributed by atoms with Crippen LogP contribution in [0.25, 0.3) is 0 Å². The van der Waals surface area contributed by atoms with Crippen molar-refractivity contribution in [2.45, 2.75) is 26.0 Å². The molecule has 0 saturated carbocycles. The van der Waals surface area contributed by atoms with Gasteiger partial charge in [-0.05, 0) is 13.8 Å². The number of carbonyl (C=O) groups is 1. The third-order valence-electron chi connectivity index (χ3n) is 2.76. The molecule has 6 heteroatoms. The van der Waals surface area contributed by atoms with Crippen LogP contribution in [0.1, 0.15) is 24.3 Å². The number of anilines is 1. The molecule has 2 rings (SSSR count). The molecule has 17 heavy (non-hydrogen) atoms. The van der Waals surface area contributed by atoms with Crippen LogP contribution in [0, 0.1) is 0 Å². The van der Waals surface area contributed by atoms with E-state index in [2.05, 4.69) is 14.9 Å². The number of nitrogens with zero attached hydrogens (tertiary/aromatic N) is 3. The van der Waals surface area contributed by atoms with Crippen molar-refractivity contribution in [3.05, 3.63) is 18.1 Å². The van der Waals surface area contributed by atoms with Crippen molar-refractivity contribution in [1.29, 1.82) is 0 Å². The summed E-state index contributed by atoms with van der Waals surface area (Å²) >= 11 is 0. The van der Waals surface area contributed by atoms with Gasteiger partial charge in [0, 0.05) is 6.54 Å². The van der Waals surface area contributed by atoms with Crippen molar-refractivity contribution >= 4 is 11.8 Å². The third-order valence-corrected chi connectivity index (χ3v) is 2.76. The number of morpholine rings is 1. The molecule has 0 radical (unpaired) electrons. The van der Waals surface area contributed by atoms with Crippen molar-refractivity contribution in [2.24, 2.45) is 0 Å². The van der Waals surface area contributed by atoms with Gasteiger partial charge in [0.1, 0.15) is 5.82 Å². The smallest absolute Gasteiger partial charge is 0.356 e. The molecule has 6 nitrogen and oxygen atoms in total. The van der Waals surface area contributed by atoms with Gasteiger partial charge >= 0.3 is 5.97 Å². The van der Waals surface area contributed by atoms with Gasteiger partial charge in [-0.25, -0.2) is 14.8 Å². The number of aromatic nitrogens is 2. The van der Waals surface area contributed by atoms with Crippen LogP contribution in [-0.2, 0) is 4.74 Å². The number of carboxylic acid groups (broad SMARTS) is 1. The SMILES string of the molecule is CC1CN(c2cnc(C(=O)O)cn2)C(C)CO1. The quantitative estimate of drug-likeness (QED) is 0.819. The molecule has 2 heterocycles. The maximum absolute atomic E-state index is 10.7. The van der Waals surface area contributed by atoms with Crippen LogP contribution in [0.2, 0.25) is 0 Å². The molecule has 1 aromatic heterocycles. The predicted octanol–water partition coefficient (Wildman–Crippen LogP) is 0.788. The average molecular weight is 237 g/mol. The zero-order chi connectivity index (χ0) is 12.4. The number of aromatic carboxylic acids is 1. The highest BCUT2D eigenvalue weighted by molar-refractivity contribution is 5.84. The largest absolute Gasteiger partial charge is 0.476 e. The molecule has 0 bridgehead atoms. The lowest BCUT2D eigenvalue weighted by atomic mass is 10.2. The van der Waals surface area contributed by atoms with Crippen LogP contribution in [0.5, 0.6) is 0 Å². The number of hydrogen-bond acceptors (Lipinski definition) is 5. The molecule has 1 aliphatic heterocycles. The Morgan fingerprint density at radius 2 is 2.24 bits per heavy atom. The fourth-order valence-electron chi connectivity index (χ4n) is 1.80. The molecule has 0 aromatic carbocycles. The normalized spacial score (nSPS) is 24.7. The minimum atomic E-state index is -1.06. The minimum absolute atomic E-state index is 0.0392. The standard InChI is InChI=1S/C11H15N3O3/c1-7-6-17-8(2)5-14(7)10-4-12-9(3-13-10)11(15)16/h3-4,7-8H,5-6H2,1-2H3,(H,15,16). The zero-order valence-electron chi connectivity index (χ0n) is 9.83. The molecule has 0 amide bonds. The summed E-state index contributed by atoms with van der Waals surface area (Å²) in [4.78, 5) is 20.7. The van der Waals surface area contributed by atoms with E-state index in [0.717, 1.165) is 6.54 Å². The highest BCUT2D eigenvalue weighted by Crippen LogP contribution is 2.18. The first-order valence-corrected chi connectivity index (χ1v) is 5.51. The van der Waals surface area contributed by atoms with Crippen LogP contribution < -0.4 is 4.90 Å². The van der Waals surface area contributed by atoms with Gasteiger partial charge in [-0.2, -0.15) is 0 Å². The molecule has 1 fully saturated rings. The van der Waals surface area contributed by atoms with E-state index >= 15 is 0 Å². The van der Waals surface area contributed by atoms with E-state index < -0.39 is 5.97 Å². The Labute approximate surface area is 99.2 Å². The van der Waals surface area contributed by atoms with E-state index in [-0.39, 0.29) is 17.8 Å². The lowest BCUT2D eigenvalue weighted by molar-refractivity contribution is 0.0340. The molecule has 2 unspecified atom stereocenters. The van der Waals surface area contributed by atoms with Gasteiger partial charge in [-0.15, -0.1) is 0 Å². The Bertz CT molecular complexity index is 407. The Morgan fingerprint density at radius 3 is 2.82 bits per heavy atom. The summed E-state index contributed by atoms with van der Waals surface area (Å²) in [6, 6.07) is 0.219. The summed E-state index contributed by atoms with van der Waals surface area (Å²) in [6.45, 7) is 5.42. The summed E-state index contributed by atoms with van der Waals surface area (Å²) in [7, 11) is 0. The topological polar surface area (TPSA) is 75.6 Å². The molecular formula is C11H15N3O3. The highest BCUT2D eigenvalue weighted by Gasteiger charge is 2.24. The van der Waals surface area contributed by atoms with E-state index in [1.807, 2.05) is 13.8 Å². The maximum atomic E-state index is 10.7. The molecular weight excluding hydrogens is 222 g/mol. The second-order valence-corrected chi connectivity index (χ2v) is 4.21. The monoisotopic (exact) mass is 237 g/mol. The summed E-state index contributed by atoms with van der Waals surface area (Å²) in [5.74, 6) is -0.370. The zero-order valence-corrected chi connectivity index (χ0v) is 9.83. The Kier molecular flexibility index (Phi) is 3.23. The highest BCUT2D eigenvalue weighted by atomic mass is 16.5. The molecule has 0 aliphatic carbocycles. The number of ether oxygens (including phenoxy) is 1. The van der Waals surface area contributed by atoms with Crippen LogP contribution in [0.4, 0.5) is 5.82 Å². The van der Waals surface area contributed by atoms with Crippen molar-refractivity contribution < 1.29 is 14.6 Å². The maximum Gasteiger partial charge on any atom is 0.356 e. The van der Waals surface area contributed by atoms with Crippen LogP contribution in [-0.4, -0.2) is 46.3 Å². The van der Waals surface area contributed by atoms with Gasteiger partial charge in [0.25, 0.3) is 0 Å². The summed E-state index contributed by atoms with van der Waals surface area (Å²) in [5, 5.41) is 8.74. The predicted molar refractivity (Wildman–Crippen MR) is 61.2 cm³/mol. The van der Waals surface area contributed by atoms with Crippen molar-refractivity contribution in [2.75, 3.05) is 18.1 Å². The van der Waals surface area contributed by atoms with E-state index in [1.165, 1.54) is 12.4 Å². The van der Waals surface area contributed by atoms with Crippen LogP contribution >= 0.6 is 0 Å². The molecule has 92 valence electrons. The Morgan fingerprint density at radius 1 is 1.47 bits per heavy atom.